The molecule has 3 rings (SSSR count). The number of rotatable bonds is 4. The standard InChI is InChI=1S/C17H24N2O2/c1-12-15(10-14-4-2-3-5-16(14)19-12)17(20)18-8-6-13-7-9-21-11-13/h2-5,12-13,15,19H,6-11H2,1H3,(H,18,20). The molecule has 0 saturated carbocycles. The number of para-hydroxylation sites is 1. The van der Waals surface area contributed by atoms with Gasteiger partial charge in [-0.3, -0.25) is 4.79 Å². The van der Waals surface area contributed by atoms with Crippen LogP contribution in [0.15, 0.2) is 24.3 Å². The van der Waals surface area contributed by atoms with Crippen LogP contribution < -0.4 is 10.6 Å². The van der Waals surface area contributed by atoms with Crippen LogP contribution in [-0.2, 0) is 16.0 Å². The van der Waals surface area contributed by atoms with E-state index in [2.05, 4.69) is 29.7 Å². The van der Waals surface area contributed by atoms with Crippen LogP contribution >= 0.6 is 0 Å². The fraction of sp³-hybridized carbons (Fsp3) is 0.588. The lowest BCUT2D eigenvalue weighted by molar-refractivity contribution is -0.125. The molecule has 2 aliphatic rings. The zero-order chi connectivity index (χ0) is 14.7. The third-order valence-electron chi connectivity index (χ3n) is 4.66. The van der Waals surface area contributed by atoms with Gasteiger partial charge in [0, 0.05) is 31.5 Å². The van der Waals surface area contributed by atoms with Crippen LogP contribution in [0.4, 0.5) is 5.69 Å². The van der Waals surface area contributed by atoms with Gasteiger partial charge in [0.15, 0.2) is 0 Å². The van der Waals surface area contributed by atoms with Gasteiger partial charge in [-0.25, -0.2) is 0 Å². The monoisotopic (exact) mass is 288 g/mol. The summed E-state index contributed by atoms with van der Waals surface area (Å²) in [7, 11) is 0. The van der Waals surface area contributed by atoms with E-state index >= 15 is 0 Å². The highest BCUT2D eigenvalue weighted by Gasteiger charge is 2.30. The van der Waals surface area contributed by atoms with Crippen LogP contribution in [0, 0.1) is 11.8 Å². The van der Waals surface area contributed by atoms with Crippen molar-refractivity contribution >= 4 is 11.6 Å². The minimum atomic E-state index is 0.0136. The molecule has 2 aliphatic heterocycles. The van der Waals surface area contributed by atoms with Gasteiger partial charge in [-0.15, -0.1) is 0 Å². The highest BCUT2D eigenvalue weighted by Crippen LogP contribution is 2.28. The molecule has 1 amide bonds. The van der Waals surface area contributed by atoms with E-state index in [0.29, 0.717) is 5.92 Å². The van der Waals surface area contributed by atoms with E-state index in [1.54, 1.807) is 0 Å². The molecule has 0 radical (unpaired) electrons. The maximum Gasteiger partial charge on any atom is 0.225 e. The van der Waals surface area contributed by atoms with Gasteiger partial charge in [0.25, 0.3) is 0 Å². The second-order valence-corrected chi connectivity index (χ2v) is 6.21. The van der Waals surface area contributed by atoms with Crippen LogP contribution in [0.1, 0.15) is 25.3 Å². The van der Waals surface area contributed by atoms with E-state index in [4.69, 9.17) is 4.74 Å². The van der Waals surface area contributed by atoms with Gasteiger partial charge in [0.1, 0.15) is 0 Å². The highest BCUT2D eigenvalue weighted by atomic mass is 16.5. The van der Waals surface area contributed by atoms with E-state index < -0.39 is 0 Å². The number of hydrogen-bond acceptors (Lipinski definition) is 3. The first-order chi connectivity index (χ1) is 10.2. The summed E-state index contributed by atoms with van der Waals surface area (Å²) in [5.74, 6) is 0.802. The van der Waals surface area contributed by atoms with Crippen LogP contribution in [0.2, 0.25) is 0 Å². The Morgan fingerprint density at radius 1 is 1.43 bits per heavy atom. The van der Waals surface area contributed by atoms with Crippen LogP contribution in [0.3, 0.4) is 0 Å². The molecule has 3 atom stereocenters. The summed E-state index contributed by atoms with van der Waals surface area (Å²) >= 11 is 0. The van der Waals surface area contributed by atoms with Crippen molar-refractivity contribution in [2.75, 3.05) is 25.1 Å². The predicted octanol–water partition coefficient (Wildman–Crippen LogP) is 2.20. The van der Waals surface area contributed by atoms with Crippen LogP contribution in [-0.4, -0.2) is 31.7 Å². The van der Waals surface area contributed by atoms with Crippen molar-refractivity contribution in [2.24, 2.45) is 11.8 Å². The molecule has 0 aliphatic carbocycles. The molecule has 1 aromatic carbocycles. The van der Waals surface area contributed by atoms with E-state index in [1.807, 2.05) is 12.1 Å². The number of hydrogen-bond donors (Lipinski definition) is 2. The maximum atomic E-state index is 12.4. The van der Waals surface area contributed by atoms with Crippen molar-refractivity contribution in [1.29, 1.82) is 0 Å². The summed E-state index contributed by atoms with van der Waals surface area (Å²) in [6.07, 6.45) is 2.98. The summed E-state index contributed by atoms with van der Waals surface area (Å²) in [4.78, 5) is 12.4. The Bertz CT molecular complexity index is 497. The fourth-order valence-corrected chi connectivity index (χ4v) is 3.26. The third-order valence-corrected chi connectivity index (χ3v) is 4.66. The molecule has 114 valence electrons. The first-order valence-corrected chi connectivity index (χ1v) is 7.94. The summed E-state index contributed by atoms with van der Waals surface area (Å²) < 4.78 is 5.36. The molecule has 0 spiro atoms. The molecule has 2 heterocycles. The third kappa shape index (κ3) is 3.38. The number of nitrogens with one attached hydrogen (secondary N) is 2. The number of anilines is 1. The van der Waals surface area contributed by atoms with E-state index in [9.17, 15) is 4.79 Å². The molecule has 3 unspecified atom stereocenters. The largest absolute Gasteiger partial charge is 0.382 e. The summed E-state index contributed by atoms with van der Waals surface area (Å²) in [6.45, 7) is 4.58. The molecular formula is C17H24N2O2. The summed E-state index contributed by atoms with van der Waals surface area (Å²) in [5, 5.41) is 6.55. The van der Waals surface area contributed by atoms with Gasteiger partial charge in [0.2, 0.25) is 5.91 Å². The van der Waals surface area contributed by atoms with Crippen molar-refractivity contribution in [2.45, 2.75) is 32.2 Å². The number of amides is 1. The van der Waals surface area contributed by atoms with Crippen molar-refractivity contribution in [3.05, 3.63) is 29.8 Å². The van der Waals surface area contributed by atoms with Gasteiger partial charge >= 0.3 is 0 Å². The molecule has 2 N–H and O–H groups in total. The molecule has 1 saturated heterocycles. The van der Waals surface area contributed by atoms with Crippen molar-refractivity contribution < 1.29 is 9.53 Å². The Morgan fingerprint density at radius 3 is 3.10 bits per heavy atom. The first-order valence-electron chi connectivity index (χ1n) is 7.94. The number of fused-ring (bicyclic) bond motifs is 1. The van der Waals surface area contributed by atoms with Gasteiger partial charge in [-0.05, 0) is 43.7 Å². The van der Waals surface area contributed by atoms with Crippen LogP contribution in [0.25, 0.3) is 0 Å². The molecular weight excluding hydrogens is 264 g/mol. The van der Waals surface area contributed by atoms with Gasteiger partial charge in [0.05, 0.1) is 5.92 Å². The fourth-order valence-electron chi connectivity index (χ4n) is 3.26. The number of ether oxygens (including phenoxy) is 1. The van der Waals surface area contributed by atoms with E-state index in [0.717, 1.165) is 44.7 Å². The maximum absolute atomic E-state index is 12.4. The zero-order valence-electron chi connectivity index (χ0n) is 12.6. The van der Waals surface area contributed by atoms with Crippen molar-refractivity contribution in [1.82, 2.24) is 5.32 Å². The normalized spacial score (nSPS) is 27.8. The van der Waals surface area contributed by atoms with Crippen LogP contribution in [0.5, 0.6) is 0 Å². The Kier molecular flexibility index (Phi) is 4.44. The lowest BCUT2D eigenvalue weighted by Crippen LogP contribution is -2.43. The molecule has 1 aromatic rings. The SMILES string of the molecule is CC1Nc2ccccc2CC1C(=O)NCCC1CCOC1. The average Bonchev–Trinajstić information content (AvgIpc) is 2.99. The second-order valence-electron chi connectivity index (χ2n) is 6.21. The van der Waals surface area contributed by atoms with Gasteiger partial charge in [-0.1, -0.05) is 18.2 Å². The average molecular weight is 288 g/mol. The predicted molar refractivity (Wildman–Crippen MR) is 83.3 cm³/mol. The number of benzene rings is 1. The second kappa shape index (κ2) is 6.48. The van der Waals surface area contributed by atoms with Gasteiger partial charge in [-0.2, -0.15) is 0 Å². The Labute approximate surface area is 126 Å². The molecule has 4 heteroatoms. The van der Waals surface area contributed by atoms with Crippen molar-refractivity contribution in [3.8, 4) is 0 Å². The molecule has 4 nitrogen and oxygen atoms in total. The summed E-state index contributed by atoms with van der Waals surface area (Å²) in [5.41, 5.74) is 2.40. The van der Waals surface area contributed by atoms with E-state index in [1.165, 1.54) is 5.56 Å². The smallest absolute Gasteiger partial charge is 0.225 e. The highest BCUT2D eigenvalue weighted by molar-refractivity contribution is 5.81. The lowest BCUT2D eigenvalue weighted by atomic mass is 9.87. The lowest BCUT2D eigenvalue weighted by Gasteiger charge is -2.31. The van der Waals surface area contributed by atoms with Crippen molar-refractivity contribution in [3.63, 3.8) is 0 Å². The van der Waals surface area contributed by atoms with E-state index in [-0.39, 0.29) is 17.9 Å². The summed E-state index contributed by atoms with van der Waals surface area (Å²) in [6, 6.07) is 8.42. The Hall–Kier alpha value is -1.55. The van der Waals surface area contributed by atoms with Gasteiger partial charge < -0.3 is 15.4 Å². The first kappa shape index (κ1) is 14.4. The minimum Gasteiger partial charge on any atom is -0.382 e. The molecule has 1 fully saturated rings. The Morgan fingerprint density at radius 2 is 2.29 bits per heavy atom. The zero-order valence-corrected chi connectivity index (χ0v) is 12.6. The molecule has 0 bridgehead atoms. The topological polar surface area (TPSA) is 50.4 Å². The minimum absolute atomic E-state index is 0.0136. The molecule has 0 aromatic heterocycles. The molecule has 21 heavy (non-hydrogen) atoms. The number of carbonyl (C=O) groups excluding carboxylic acids is 1. The Balaban J connectivity index is 1.52. The number of carbonyl (C=O) groups is 1. The quantitative estimate of drug-likeness (QED) is 0.893.